The standard InChI is InChI=1S/C19H19N5O2/c1-3-13-4-5-15-10-20-12-23(15)18(13)19(25)17-11-24(22-21-17)14-6-8-16(26-2)9-7-14/h4-12,19,25H,3H2,1-2H3. The van der Waals surface area contributed by atoms with E-state index in [4.69, 9.17) is 4.74 Å². The predicted octanol–water partition coefficient (Wildman–Crippen LogP) is 2.57. The fraction of sp³-hybridized carbons (Fsp3) is 0.211. The smallest absolute Gasteiger partial charge is 0.140 e. The van der Waals surface area contributed by atoms with Crippen molar-refractivity contribution in [3.05, 3.63) is 72.1 Å². The number of imidazole rings is 1. The molecule has 132 valence electrons. The Morgan fingerprint density at radius 2 is 1.96 bits per heavy atom. The lowest BCUT2D eigenvalue weighted by Crippen LogP contribution is -2.10. The summed E-state index contributed by atoms with van der Waals surface area (Å²) in [7, 11) is 1.63. The van der Waals surface area contributed by atoms with Gasteiger partial charge < -0.3 is 9.84 Å². The van der Waals surface area contributed by atoms with Crippen LogP contribution in [-0.4, -0.2) is 36.6 Å². The van der Waals surface area contributed by atoms with Crippen LogP contribution in [0.15, 0.2) is 55.1 Å². The molecule has 4 rings (SSSR count). The number of rotatable bonds is 5. The molecule has 0 radical (unpaired) electrons. The van der Waals surface area contributed by atoms with E-state index in [9.17, 15) is 5.11 Å². The number of aliphatic hydroxyl groups excluding tert-OH is 1. The van der Waals surface area contributed by atoms with Crippen LogP contribution in [0.2, 0.25) is 0 Å². The Balaban J connectivity index is 1.72. The maximum atomic E-state index is 11.0. The molecule has 0 aliphatic heterocycles. The molecule has 26 heavy (non-hydrogen) atoms. The molecule has 3 aromatic heterocycles. The third-order valence-corrected chi connectivity index (χ3v) is 4.48. The van der Waals surface area contributed by atoms with Gasteiger partial charge in [0.15, 0.2) is 0 Å². The van der Waals surface area contributed by atoms with E-state index in [1.54, 1.807) is 30.5 Å². The molecular formula is C19H19N5O2. The minimum absolute atomic E-state index is 0.483. The number of ether oxygens (including phenoxy) is 1. The lowest BCUT2D eigenvalue weighted by molar-refractivity contribution is 0.207. The minimum atomic E-state index is -0.894. The molecule has 0 spiro atoms. The van der Waals surface area contributed by atoms with E-state index in [2.05, 4.69) is 22.2 Å². The zero-order valence-electron chi connectivity index (χ0n) is 14.6. The summed E-state index contributed by atoms with van der Waals surface area (Å²) in [5.74, 6) is 0.772. The summed E-state index contributed by atoms with van der Waals surface area (Å²) in [6, 6.07) is 11.5. The van der Waals surface area contributed by atoms with Gasteiger partial charge in [-0.25, -0.2) is 9.67 Å². The molecule has 7 heteroatoms. The van der Waals surface area contributed by atoms with Gasteiger partial charge in [0.1, 0.15) is 17.5 Å². The van der Waals surface area contributed by atoms with Crippen molar-refractivity contribution in [1.82, 2.24) is 24.4 Å². The van der Waals surface area contributed by atoms with E-state index in [1.807, 2.05) is 40.8 Å². The van der Waals surface area contributed by atoms with Crippen LogP contribution in [0, 0.1) is 0 Å². The molecule has 0 aliphatic rings. The second kappa shape index (κ2) is 6.61. The fourth-order valence-electron chi connectivity index (χ4n) is 3.07. The normalized spacial score (nSPS) is 12.4. The molecule has 0 saturated heterocycles. The summed E-state index contributed by atoms with van der Waals surface area (Å²) >= 11 is 0. The SMILES string of the molecule is CCc1ccc2cncn2c1C(O)c1cn(-c2ccc(OC)cc2)nn1. The Kier molecular flexibility index (Phi) is 4.14. The molecule has 7 nitrogen and oxygen atoms in total. The van der Waals surface area contributed by atoms with Crippen LogP contribution >= 0.6 is 0 Å². The molecule has 1 N–H and O–H groups in total. The molecule has 0 bridgehead atoms. The zero-order valence-corrected chi connectivity index (χ0v) is 14.6. The zero-order chi connectivity index (χ0) is 18.1. The first kappa shape index (κ1) is 16.3. The first-order valence-corrected chi connectivity index (χ1v) is 8.40. The van der Waals surface area contributed by atoms with E-state index in [0.717, 1.165) is 34.6 Å². The largest absolute Gasteiger partial charge is 0.497 e. The Morgan fingerprint density at radius 1 is 1.15 bits per heavy atom. The molecule has 0 saturated carbocycles. The predicted molar refractivity (Wildman–Crippen MR) is 96.5 cm³/mol. The summed E-state index contributed by atoms with van der Waals surface area (Å²) in [6.45, 7) is 2.06. The molecule has 1 aromatic carbocycles. The van der Waals surface area contributed by atoms with Crippen molar-refractivity contribution in [3.63, 3.8) is 0 Å². The Labute approximate surface area is 150 Å². The van der Waals surface area contributed by atoms with Crippen LogP contribution in [-0.2, 0) is 6.42 Å². The number of aryl methyl sites for hydroxylation is 1. The monoisotopic (exact) mass is 349 g/mol. The molecule has 0 aliphatic carbocycles. The van der Waals surface area contributed by atoms with Gasteiger partial charge in [0, 0.05) is 0 Å². The summed E-state index contributed by atoms with van der Waals surface area (Å²) in [4.78, 5) is 4.18. The highest BCUT2D eigenvalue weighted by molar-refractivity contribution is 5.49. The number of hydrogen-bond acceptors (Lipinski definition) is 5. The van der Waals surface area contributed by atoms with Gasteiger partial charge in [0.25, 0.3) is 0 Å². The Morgan fingerprint density at radius 3 is 2.69 bits per heavy atom. The van der Waals surface area contributed by atoms with Crippen molar-refractivity contribution in [3.8, 4) is 11.4 Å². The fourth-order valence-corrected chi connectivity index (χ4v) is 3.07. The number of pyridine rings is 1. The molecule has 4 aromatic rings. The third kappa shape index (κ3) is 2.72. The summed E-state index contributed by atoms with van der Waals surface area (Å²) < 4.78 is 8.71. The highest BCUT2D eigenvalue weighted by atomic mass is 16.5. The van der Waals surface area contributed by atoms with Crippen molar-refractivity contribution in [2.75, 3.05) is 7.11 Å². The van der Waals surface area contributed by atoms with Gasteiger partial charge in [-0.3, -0.25) is 4.40 Å². The number of benzene rings is 1. The van der Waals surface area contributed by atoms with Gasteiger partial charge in [0.05, 0.1) is 42.7 Å². The van der Waals surface area contributed by atoms with Crippen LogP contribution in [0.1, 0.15) is 30.0 Å². The molecule has 1 unspecified atom stereocenters. The van der Waals surface area contributed by atoms with Crippen LogP contribution in [0.3, 0.4) is 0 Å². The summed E-state index contributed by atoms with van der Waals surface area (Å²) in [5, 5.41) is 19.3. The number of aliphatic hydroxyl groups is 1. The number of aromatic nitrogens is 5. The topological polar surface area (TPSA) is 77.5 Å². The van der Waals surface area contributed by atoms with Gasteiger partial charge in [0.2, 0.25) is 0 Å². The van der Waals surface area contributed by atoms with E-state index in [1.165, 1.54) is 0 Å². The van der Waals surface area contributed by atoms with Crippen molar-refractivity contribution in [1.29, 1.82) is 0 Å². The molecular weight excluding hydrogens is 330 g/mol. The van der Waals surface area contributed by atoms with E-state index < -0.39 is 6.10 Å². The summed E-state index contributed by atoms with van der Waals surface area (Å²) in [5.41, 5.74) is 4.06. The number of hydrogen-bond donors (Lipinski definition) is 1. The molecule has 0 amide bonds. The van der Waals surface area contributed by atoms with Crippen molar-refractivity contribution >= 4 is 5.52 Å². The average molecular weight is 349 g/mol. The number of nitrogens with zero attached hydrogens (tertiary/aromatic N) is 5. The Bertz CT molecular complexity index is 1040. The third-order valence-electron chi connectivity index (χ3n) is 4.48. The maximum absolute atomic E-state index is 11.0. The Hall–Kier alpha value is -3.19. The van der Waals surface area contributed by atoms with Gasteiger partial charge in [-0.2, -0.15) is 0 Å². The number of fused-ring (bicyclic) bond motifs is 1. The lowest BCUT2D eigenvalue weighted by Gasteiger charge is -2.15. The second-order valence-electron chi connectivity index (χ2n) is 5.97. The van der Waals surface area contributed by atoms with Crippen LogP contribution in [0.5, 0.6) is 5.75 Å². The van der Waals surface area contributed by atoms with Gasteiger partial charge in [-0.05, 0) is 42.3 Å². The van der Waals surface area contributed by atoms with Crippen molar-refractivity contribution < 1.29 is 9.84 Å². The van der Waals surface area contributed by atoms with Gasteiger partial charge >= 0.3 is 0 Å². The van der Waals surface area contributed by atoms with Crippen LogP contribution < -0.4 is 4.74 Å². The van der Waals surface area contributed by atoms with E-state index >= 15 is 0 Å². The van der Waals surface area contributed by atoms with Crippen LogP contribution in [0.4, 0.5) is 0 Å². The molecule has 0 fully saturated rings. The molecule has 3 heterocycles. The molecule has 1 atom stereocenters. The highest BCUT2D eigenvalue weighted by Gasteiger charge is 2.21. The maximum Gasteiger partial charge on any atom is 0.140 e. The van der Waals surface area contributed by atoms with E-state index in [-0.39, 0.29) is 0 Å². The van der Waals surface area contributed by atoms with Crippen molar-refractivity contribution in [2.45, 2.75) is 19.4 Å². The first-order valence-electron chi connectivity index (χ1n) is 8.40. The quantitative estimate of drug-likeness (QED) is 0.599. The summed E-state index contributed by atoms with van der Waals surface area (Å²) in [6.07, 6.45) is 5.12. The van der Waals surface area contributed by atoms with Crippen molar-refractivity contribution in [2.24, 2.45) is 0 Å². The van der Waals surface area contributed by atoms with Gasteiger partial charge in [-0.15, -0.1) is 5.10 Å². The lowest BCUT2D eigenvalue weighted by atomic mass is 10.0. The average Bonchev–Trinajstić information content (AvgIpc) is 3.36. The van der Waals surface area contributed by atoms with Crippen LogP contribution in [0.25, 0.3) is 11.2 Å². The van der Waals surface area contributed by atoms with Gasteiger partial charge in [-0.1, -0.05) is 18.2 Å². The minimum Gasteiger partial charge on any atom is -0.497 e. The highest BCUT2D eigenvalue weighted by Crippen LogP contribution is 2.26. The number of methoxy groups -OCH3 is 1. The van der Waals surface area contributed by atoms with E-state index in [0.29, 0.717) is 5.69 Å². The second-order valence-corrected chi connectivity index (χ2v) is 5.97. The first-order chi connectivity index (χ1) is 12.7.